The Morgan fingerprint density at radius 3 is 1.71 bits per heavy atom. The molecule has 2 heterocycles. The summed E-state index contributed by atoms with van der Waals surface area (Å²) in [5, 5.41) is 26.6. The van der Waals surface area contributed by atoms with E-state index in [0.29, 0.717) is 11.4 Å². The maximum absolute atomic E-state index is 13.2. The van der Waals surface area contributed by atoms with E-state index in [0.717, 1.165) is 0 Å². The van der Waals surface area contributed by atoms with E-state index in [1.807, 2.05) is 0 Å². The molecule has 192 valence electrons. The van der Waals surface area contributed by atoms with Gasteiger partial charge < -0.3 is 41.9 Å². The van der Waals surface area contributed by atoms with Crippen LogP contribution in [0.2, 0.25) is 0 Å². The number of carboxylic acids is 1. The number of nitrogens with one attached hydrogen (secondary N) is 5. The molecule has 0 aliphatic carbocycles. The van der Waals surface area contributed by atoms with Gasteiger partial charge in [0.15, 0.2) is 0 Å². The first-order valence-electron chi connectivity index (χ1n) is 11.0. The summed E-state index contributed by atoms with van der Waals surface area (Å²) in [7, 11) is 0. The van der Waals surface area contributed by atoms with Crippen molar-refractivity contribution in [2.75, 3.05) is 0 Å². The van der Waals surface area contributed by atoms with Gasteiger partial charge in [-0.05, 0) is 12.8 Å². The zero-order valence-corrected chi connectivity index (χ0v) is 19.7. The van der Waals surface area contributed by atoms with Crippen LogP contribution < -0.4 is 21.7 Å². The van der Waals surface area contributed by atoms with Crippen LogP contribution in [0.15, 0.2) is 25.0 Å². The number of nitrogens with zero attached hydrogens (tertiary/aromatic N) is 2. The number of imidazole rings is 2. The number of rotatable bonds is 13. The van der Waals surface area contributed by atoms with Crippen LogP contribution in [-0.2, 0) is 32.0 Å². The molecule has 2 aromatic heterocycles. The Morgan fingerprint density at radius 1 is 0.886 bits per heavy atom. The Bertz CT molecular complexity index is 976. The predicted molar refractivity (Wildman–Crippen MR) is 123 cm³/mol. The van der Waals surface area contributed by atoms with E-state index in [1.54, 1.807) is 13.8 Å². The fourth-order valence-electron chi connectivity index (χ4n) is 3.18. The predicted octanol–water partition coefficient (Wildman–Crippen LogP) is -2.18. The van der Waals surface area contributed by atoms with Gasteiger partial charge in [0.25, 0.3) is 0 Å². The van der Waals surface area contributed by atoms with Gasteiger partial charge in [0.1, 0.15) is 24.2 Å². The molecular formula is C21H32N8O6. The molecule has 0 bridgehead atoms. The standard InChI is InChI=1S/C21H32N8O6/c1-10(2)17(21(34)35)29-19(32)15(5-13-7-24-9-26-13)27-18(31)14(4-12-6-23-8-25-12)28-20(33)16(22)11(3)30/h6-11,14-17,30H,4-5,22H2,1-3H3,(H,23,25)(H,24,26)(H,27,31)(H,28,33)(H,29,32)(H,34,35). The molecule has 0 fully saturated rings. The van der Waals surface area contributed by atoms with Crippen molar-refractivity contribution in [3.63, 3.8) is 0 Å². The number of H-pyrrole nitrogens is 2. The van der Waals surface area contributed by atoms with Crippen LogP contribution in [-0.4, -0.2) is 84.1 Å². The Hall–Kier alpha value is -3.78. The number of aromatic nitrogens is 4. The molecule has 14 heteroatoms. The number of carbonyl (C=O) groups excluding carboxylic acids is 3. The van der Waals surface area contributed by atoms with Gasteiger partial charge in [-0.25, -0.2) is 14.8 Å². The zero-order valence-electron chi connectivity index (χ0n) is 19.7. The highest BCUT2D eigenvalue weighted by atomic mass is 16.4. The maximum Gasteiger partial charge on any atom is 0.326 e. The summed E-state index contributed by atoms with van der Waals surface area (Å²) < 4.78 is 0. The minimum atomic E-state index is -1.28. The average Bonchev–Trinajstić information content (AvgIpc) is 3.49. The number of amides is 3. The molecule has 0 aromatic carbocycles. The van der Waals surface area contributed by atoms with Crippen molar-refractivity contribution in [1.29, 1.82) is 0 Å². The van der Waals surface area contributed by atoms with E-state index in [-0.39, 0.29) is 12.8 Å². The highest BCUT2D eigenvalue weighted by molar-refractivity contribution is 5.94. The van der Waals surface area contributed by atoms with Crippen LogP contribution in [0, 0.1) is 5.92 Å². The molecular weight excluding hydrogens is 460 g/mol. The van der Waals surface area contributed by atoms with Crippen LogP contribution >= 0.6 is 0 Å². The summed E-state index contributed by atoms with van der Waals surface area (Å²) in [5.41, 5.74) is 6.73. The van der Waals surface area contributed by atoms with Gasteiger partial charge in [0.2, 0.25) is 17.7 Å². The lowest BCUT2D eigenvalue weighted by molar-refractivity contribution is -0.143. The van der Waals surface area contributed by atoms with Crippen LogP contribution in [0.5, 0.6) is 0 Å². The molecule has 9 N–H and O–H groups in total. The molecule has 35 heavy (non-hydrogen) atoms. The Morgan fingerprint density at radius 2 is 1.34 bits per heavy atom. The van der Waals surface area contributed by atoms with Gasteiger partial charge in [-0.2, -0.15) is 0 Å². The van der Waals surface area contributed by atoms with Crippen molar-refractivity contribution in [1.82, 2.24) is 35.9 Å². The third-order valence-corrected chi connectivity index (χ3v) is 5.28. The van der Waals surface area contributed by atoms with Crippen LogP contribution in [0.4, 0.5) is 0 Å². The molecule has 5 atom stereocenters. The van der Waals surface area contributed by atoms with Gasteiger partial charge in [-0.1, -0.05) is 13.8 Å². The quantitative estimate of drug-likeness (QED) is 0.152. The first-order valence-corrected chi connectivity index (χ1v) is 11.0. The Labute approximate surface area is 201 Å². The van der Waals surface area contributed by atoms with Crippen molar-refractivity contribution < 1.29 is 29.4 Å². The lowest BCUT2D eigenvalue weighted by Gasteiger charge is -2.26. The largest absolute Gasteiger partial charge is 0.480 e. The number of hydrogen-bond acceptors (Lipinski definition) is 8. The third-order valence-electron chi connectivity index (χ3n) is 5.28. The SMILES string of the molecule is CC(C)C(NC(=O)C(Cc1cnc[nH]1)NC(=O)C(Cc1cnc[nH]1)NC(=O)C(N)C(C)O)C(=O)O. The summed E-state index contributed by atoms with van der Waals surface area (Å²) in [5.74, 6) is -3.83. The van der Waals surface area contributed by atoms with E-state index in [2.05, 4.69) is 35.9 Å². The number of nitrogens with two attached hydrogens (primary N) is 1. The number of carboxylic acid groups (broad SMARTS) is 1. The molecule has 0 saturated heterocycles. The van der Waals surface area contributed by atoms with Crippen molar-refractivity contribution in [2.24, 2.45) is 11.7 Å². The summed E-state index contributed by atoms with van der Waals surface area (Å²) in [6, 6.07) is -4.81. The fourth-order valence-corrected chi connectivity index (χ4v) is 3.18. The second-order valence-electron chi connectivity index (χ2n) is 8.52. The summed E-state index contributed by atoms with van der Waals surface area (Å²) in [6.07, 6.45) is 4.56. The molecule has 0 aliphatic heterocycles. The van der Waals surface area contributed by atoms with Gasteiger partial charge >= 0.3 is 5.97 Å². The zero-order chi connectivity index (χ0) is 26.1. The van der Waals surface area contributed by atoms with Gasteiger partial charge in [0.05, 0.1) is 18.8 Å². The second-order valence-corrected chi connectivity index (χ2v) is 8.52. The molecule has 5 unspecified atom stereocenters. The van der Waals surface area contributed by atoms with Crippen molar-refractivity contribution in [3.8, 4) is 0 Å². The fraction of sp³-hybridized carbons (Fsp3) is 0.524. The highest BCUT2D eigenvalue weighted by Crippen LogP contribution is 2.07. The number of aliphatic hydroxyl groups is 1. The van der Waals surface area contributed by atoms with Crippen molar-refractivity contribution >= 4 is 23.7 Å². The number of aliphatic hydroxyl groups excluding tert-OH is 1. The molecule has 14 nitrogen and oxygen atoms in total. The van der Waals surface area contributed by atoms with Crippen LogP contribution in [0.25, 0.3) is 0 Å². The number of aromatic amines is 2. The first-order chi connectivity index (χ1) is 16.5. The molecule has 2 aromatic rings. The van der Waals surface area contributed by atoms with Crippen LogP contribution in [0.3, 0.4) is 0 Å². The van der Waals surface area contributed by atoms with E-state index in [4.69, 9.17) is 5.73 Å². The number of carbonyl (C=O) groups is 4. The first kappa shape index (κ1) is 27.5. The second kappa shape index (κ2) is 12.6. The van der Waals surface area contributed by atoms with E-state index >= 15 is 0 Å². The number of hydrogen-bond donors (Lipinski definition) is 8. The van der Waals surface area contributed by atoms with Crippen molar-refractivity contribution in [3.05, 3.63) is 36.4 Å². The van der Waals surface area contributed by atoms with Crippen LogP contribution in [0.1, 0.15) is 32.2 Å². The molecule has 0 radical (unpaired) electrons. The highest BCUT2D eigenvalue weighted by Gasteiger charge is 2.32. The molecule has 0 aliphatic rings. The van der Waals surface area contributed by atoms with Gasteiger partial charge in [-0.3, -0.25) is 14.4 Å². The summed E-state index contributed by atoms with van der Waals surface area (Å²) >= 11 is 0. The maximum atomic E-state index is 13.2. The normalized spacial score (nSPS) is 15.5. The van der Waals surface area contributed by atoms with Gasteiger partial charge in [0, 0.05) is 36.6 Å². The third kappa shape index (κ3) is 8.19. The lowest BCUT2D eigenvalue weighted by atomic mass is 10.0. The molecule has 3 amide bonds. The van der Waals surface area contributed by atoms with Gasteiger partial charge in [-0.15, -0.1) is 0 Å². The average molecular weight is 493 g/mol. The monoisotopic (exact) mass is 492 g/mol. The number of aliphatic carboxylic acids is 1. The van der Waals surface area contributed by atoms with E-state index in [1.165, 1.54) is 32.0 Å². The Kier molecular flexibility index (Phi) is 9.90. The molecule has 0 spiro atoms. The summed E-state index contributed by atoms with van der Waals surface area (Å²) in [6.45, 7) is 4.62. The topological polar surface area (TPSA) is 228 Å². The summed E-state index contributed by atoms with van der Waals surface area (Å²) in [4.78, 5) is 63.7. The Balaban J connectivity index is 2.25. The minimum Gasteiger partial charge on any atom is -0.480 e. The van der Waals surface area contributed by atoms with E-state index < -0.39 is 59.9 Å². The van der Waals surface area contributed by atoms with E-state index in [9.17, 15) is 29.4 Å². The smallest absolute Gasteiger partial charge is 0.326 e. The lowest BCUT2D eigenvalue weighted by Crippen LogP contribution is -2.59. The minimum absolute atomic E-state index is 0.00769. The van der Waals surface area contributed by atoms with Crippen molar-refractivity contribution in [2.45, 2.75) is 63.9 Å². The molecule has 0 saturated carbocycles. The molecule has 2 rings (SSSR count).